The average Bonchev–Trinajstić information content (AvgIpc) is 3.00. The molecule has 164 valence electrons. The highest BCUT2D eigenvalue weighted by Crippen LogP contribution is 2.37. The first-order valence-electron chi connectivity index (χ1n) is 10.4. The molecule has 1 heterocycles. The summed E-state index contributed by atoms with van der Waals surface area (Å²) < 4.78 is 27.6. The lowest BCUT2D eigenvalue weighted by molar-refractivity contribution is -0.127. The van der Waals surface area contributed by atoms with Gasteiger partial charge in [-0.3, -0.25) is 9.59 Å². The van der Waals surface area contributed by atoms with Gasteiger partial charge in [-0.15, -0.1) is 0 Å². The van der Waals surface area contributed by atoms with E-state index in [0.717, 1.165) is 0 Å². The minimum atomic E-state index is -0.831. The van der Waals surface area contributed by atoms with Crippen LogP contribution in [0, 0.1) is 11.6 Å². The van der Waals surface area contributed by atoms with Crippen LogP contribution in [0.1, 0.15) is 48.3 Å². The third kappa shape index (κ3) is 4.26. The summed E-state index contributed by atoms with van der Waals surface area (Å²) in [6.45, 7) is 5.64. The molecule has 3 aromatic carbocycles. The molecule has 1 atom stereocenters. The largest absolute Gasteiger partial charge is 0.349 e. The number of rotatable bonds is 4. The number of carbonyl (C=O) groups is 2. The Morgan fingerprint density at radius 1 is 0.938 bits per heavy atom. The molecule has 0 spiro atoms. The first-order chi connectivity index (χ1) is 15.1. The molecule has 1 unspecified atom stereocenters. The number of hydrogen-bond donors (Lipinski definition) is 1. The van der Waals surface area contributed by atoms with Crippen LogP contribution in [0.2, 0.25) is 0 Å². The van der Waals surface area contributed by atoms with Gasteiger partial charge in [-0.2, -0.15) is 0 Å². The van der Waals surface area contributed by atoms with Gasteiger partial charge in [0.25, 0.3) is 5.91 Å². The minimum absolute atomic E-state index is 0.0280. The summed E-state index contributed by atoms with van der Waals surface area (Å²) in [5.41, 5.74) is 2.50. The number of nitrogens with one attached hydrogen (secondary N) is 1. The maximum atomic E-state index is 14.2. The summed E-state index contributed by atoms with van der Waals surface area (Å²) >= 11 is 0. The second-order valence-corrected chi connectivity index (χ2v) is 8.97. The van der Waals surface area contributed by atoms with E-state index in [1.54, 1.807) is 42.5 Å². The summed E-state index contributed by atoms with van der Waals surface area (Å²) in [5.74, 6) is -1.41. The Balaban J connectivity index is 1.76. The molecule has 1 aliphatic rings. The lowest BCUT2D eigenvalue weighted by atomic mass is 9.98. The number of fused-ring (bicyclic) bond motifs is 1. The Kier molecular flexibility index (Phi) is 5.55. The summed E-state index contributed by atoms with van der Waals surface area (Å²) in [6.07, 6.45) is 0. The lowest BCUT2D eigenvalue weighted by Crippen LogP contribution is -2.46. The van der Waals surface area contributed by atoms with Crippen molar-refractivity contribution in [3.63, 3.8) is 0 Å². The van der Waals surface area contributed by atoms with Crippen LogP contribution in [-0.2, 0) is 11.3 Å². The smallest absolute Gasteiger partial charge is 0.255 e. The molecule has 0 fully saturated rings. The van der Waals surface area contributed by atoms with Crippen molar-refractivity contribution in [1.29, 1.82) is 0 Å². The van der Waals surface area contributed by atoms with E-state index < -0.39 is 17.4 Å². The molecule has 6 heteroatoms. The van der Waals surface area contributed by atoms with Gasteiger partial charge in [-0.1, -0.05) is 36.4 Å². The normalized spacial score (nSPS) is 15.6. The monoisotopic (exact) mass is 434 g/mol. The van der Waals surface area contributed by atoms with Gasteiger partial charge in [0.05, 0.1) is 0 Å². The molecular weight excluding hydrogens is 410 g/mol. The van der Waals surface area contributed by atoms with E-state index in [2.05, 4.69) is 5.32 Å². The summed E-state index contributed by atoms with van der Waals surface area (Å²) in [7, 11) is 0. The maximum Gasteiger partial charge on any atom is 0.255 e. The number of nitrogens with zero attached hydrogens (tertiary/aromatic N) is 1. The molecule has 1 N–H and O–H groups in total. The van der Waals surface area contributed by atoms with Crippen molar-refractivity contribution in [1.82, 2.24) is 10.2 Å². The second kappa shape index (κ2) is 8.19. The number of amides is 2. The molecule has 3 aromatic rings. The van der Waals surface area contributed by atoms with Crippen LogP contribution in [0.3, 0.4) is 0 Å². The van der Waals surface area contributed by atoms with Gasteiger partial charge < -0.3 is 10.2 Å². The molecule has 2 amide bonds. The van der Waals surface area contributed by atoms with Gasteiger partial charge in [0.15, 0.2) is 0 Å². The lowest BCUT2D eigenvalue weighted by Gasteiger charge is -2.29. The van der Waals surface area contributed by atoms with Crippen LogP contribution in [-0.4, -0.2) is 22.3 Å². The highest BCUT2D eigenvalue weighted by Gasteiger charge is 2.41. The number of benzene rings is 3. The van der Waals surface area contributed by atoms with Crippen molar-refractivity contribution in [2.24, 2.45) is 0 Å². The molecule has 0 bridgehead atoms. The van der Waals surface area contributed by atoms with Gasteiger partial charge in [0, 0.05) is 17.6 Å². The molecule has 0 radical (unpaired) electrons. The Morgan fingerprint density at radius 3 is 2.28 bits per heavy atom. The van der Waals surface area contributed by atoms with Gasteiger partial charge in [-0.25, -0.2) is 8.78 Å². The van der Waals surface area contributed by atoms with Crippen molar-refractivity contribution in [3.8, 4) is 11.1 Å². The number of carbonyl (C=O) groups excluding carboxylic acids is 2. The van der Waals surface area contributed by atoms with Crippen LogP contribution < -0.4 is 5.32 Å². The summed E-state index contributed by atoms with van der Waals surface area (Å²) in [5, 5.41) is 2.95. The van der Waals surface area contributed by atoms with Crippen molar-refractivity contribution in [2.45, 2.75) is 38.9 Å². The molecule has 4 rings (SSSR count). The van der Waals surface area contributed by atoms with E-state index >= 15 is 0 Å². The molecular formula is C26H24F2N2O2. The van der Waals surface area contributed by atoms with Gasteiger partial charge >= 0.3 is 0 Å². The molecule has 0 saturated heterocycles. The number of hydrogen-bond acceptors (Lipinski definition) is 2. The molecule has 4 nitrogen and oxygen atoms in total. The van der Waals surface area contributed by atoms with Crippen molar-refractivity contribution in [2.75, 3.05) is 0 Å². The molecule has 0 aliphatic carbocycles. The van der Waals surface area contributed by atoms with E-state index in [4.69, 9.17) is 0 Å². The van der Waals surface area contributed by atoms with Gasteiger partial charge in [0.1, 0.15) is 17.7 Å². The van der Waals surface area contributed by atoms with Crippen LogP contribution in [0.5, 0.6) is 0 Å². The fourth-order valence-corrected chi connectivity index (χ4v) is 4.04. The molecule has 0 aromatic heterocycles. The third-order valence-electron chi connectivity index (χ3n) is 5.37. The summed E-state index contributed by atoms with van der Waals surface area (Å²) in [6, 6.07) is 16.3. The Hall–Kier alpha value is -3.54. The van der Waals surface area contributed by atoms with Crippen molar-refractivity contribution >= 4 is 11.8 Å². The van der Waals surface area contributed by atoms with E-state index in [1.807, 2.05) is 20.8 Å². The second-order valence-electron chi connectivity index (χ2n) is 8.97. The maximum absolute atomic E-state index is 14.2. The van der Waals surface area contributed by atoms with E-state index in [0.29, 0.717) is 27.8 Å². The van der Waals surface area contributed by atoms with Crippen LogP contribution in [0.15, 0.2) is 66.7 Å². The first kappa shape index (κ1) is 21.7. The van der Waals surface area contributed by atoms with Crippen molar-refractivity contribution < 1.29 is 18.4 Å². The molecule has 0 saturated carbocycles. The fraction of sp³-hybridized carbons (Fsp3) is 0.231. The van der Waals surface area contributed by atoms with Crippen molar-refractivity contribution in [3.05, 3.63) is 95.1 Å². The standard InChI is InChI=1S/C26H24F2N2O2/c1-26(2,3)29-24(31)23-21-6-4-5-7-22(21)25(32)30(23)15-17-14-19(28)12-13-20(17)16-8-10-18(27)11-9-16/h4-14,23H,15H2,1-3H3,(H,29,31). The van der Waals surface area contributed by atoms with Gasteiger partial charge in [0.2, 0.25) is 5.91 Å². The molecule has 32 heavy (non-hydrogen) atoms. The number of halogens is 2. The Bertz CT molecular complexity index is 1180. The predicted octanol–water partition coefficient (Wildman–Crippen LogP) is 5.24. The highest BCUT2D eigenvalue weighted by molar-refractivity contribution is 6.04. The topological polar surface area (TPSA) is 49.4 Å². The Morgan fingerprint density at radius 2 is 1.59 bits per heavy atom. The van der Waals surface area contributed by atoms with Gasteiger partial charge in [-0.05, 0) is 73.4 Å². The van der Waals surface area contributed by atoms with Crippen LogP contribution in [0.4, 0.5) is 8.78 Å². The third-order valence-corrected chi connectivity index (χ3v) is 5.37. The quantitative estimate of drug-likeness (QED) is 0.610. The van der Waals surface area contributed by atoms with Crippen LogP contribution in [0.25, 0.3) is 11.1 Å². The van der Waals surface area contributed by atoms with E-state index in [1.165, 1.54) is 29.2 Å². The highest BCUT2D eigenvalue weighted by atomic mass is 19.1. The zero-order valence-electron chi connectivity index (χ0n) is 18.2. The predicted molar refractivity (Wildman–Crippen MR) is 119 cm³/mol. The van der Waals surface area contributed by atoms with E-state index in [-0.39, 0.29) is 24.2 Å². The average molecular weight is 434 g/mol. The molecule has 1 aliphatic heterocycles. The minimum Gasteiger partial charge on any atom is -0.349 e. The fourth-order valence-electron chi connectivity index (χ4n) is 4.04. The van der Waals surface area contributed by atoms with Crippen LogP contribution >= 0.6 is 0 Å². The SMILES string of the molecule is CC(C)(C)NC(=O)C1c2ccccc2C(=O)N1Cc1cc(F)ccc1-c1ccc(F)cc1. The zero-order chi connectivity index (χ0) is 23.0. The van der Waals surface area contributed by atoms with E-state index in [9.17, 15) is 18.4 Å². The zero-order valence-corrected chi connectivity index (χ0v) is 18.2. The summed E-state index contributed by atoms with van der Waals surface area (Å²) in [4.78, 5) is 27.9. The first-order valence-corrected chi connectivity index (χ1v) is 10.4. The Labute approximate surface area is 185 Å².